The lowest BCUT2D eigenvalue weighted by Gasteiger charge is -2.20. The van der Waals surface area contributed by atoms with Gasteiger partial charge < -0.3 is 10.6 Å². The summed E-state index contributed by atoms with van der Waals surface area (Å²) in [6, 6.07) is 12.5. The fraction of sp³-hybridized carbons (Fsp3) is 0.350. The van der Waals surface area contributed by atoms with E-state index in [-0.39, 0.29) is 22.4 Å². The lowest BCUT2D eigenvalue weighted by Crippen LogP contribution is -2.31. The molecule has 0 aromatic heterocycles. The Morgan fingerprint density at radius 2 is 1.82 bits per heavy atom. The summed E-state index contributed by atoms with van der Waals surface area (Å²) in [5.41, 5.74) is 2.67. The van der Waals surface area contributed by atoms with Gasteiger partial charge in [-0.3, -0.25) is 4.79 Å². The molecule has 0 aliphatic rings. The molecule has 2 N–H and O–H groups in total. The summed E-state index contributed by atoms with van der Waals surface area (Å²) >= 11 is 6.12. The van der Waals surface area contributed by atoms with Gasteiger partial charge in [-0.25, -0.2) is 8.42 Å². The van der Waals surface area contributed by atoms with Crippen molar-refractivity contribution in [3.63, 3.8) is 0 Å². The van der Waals surface area contributed by atoms with E-state index in [4.69, 9.17) is 11.6 Å². The zero-order valence-corrected chi connectivity index (χ0v) is 17.9. The van der Waals surface area contributed by atoms with Crippen LogP contribution in [0, 0.1) is 6.92 Å². The zero-order chi connectivity index (χ0) is 20.7. The van der Waals surface area contributed by atoms with Gasteiger partial charge in [0, 0.05) is 25.3 Å². The summed E-state index contributed by atoms with van der Waals surface area (Å²) in [5.74, 6) is -0.190. The molecule has 28 heavy (non-hydrogen) atoms. The largest absolute Gasteiger partial charge is 0.376 e. The van der Waals surface area contributed by atoms with Crippen LogP contribution in [0.5, 0.6) is 0 Å². The molecule has 2 aromatic rings. The second kappa shape index (κ2) is 9.91. The van der Waals surface area contributed by atoms with Crippen molar-refractivity contribution >= 4 is 33.2 Å². The highest BCUT2D eigenvalue weighted by molar-refractivity contribution is 7.89. The Morgan fingerprint density at radius 3 is 2.46 bits per heavy atom. The second-order valence-corrected chi connectivity index (χ2v) is 8.67. The minimum Gasteiger partial charge on any atom is -0.376 e. The Morgan fingerprint density at radius 1 is 1.11 bits per heavy atom. The van der Waals surface area contributed by atoms with E-state index in [0.29, 0.717) is 25.3 Å². The molecule has 0 saturated heterocycles. The highest BCUT2D eigenvalue weighted by Crippen LogP contribution is 2.27. The number of carbonyl (C=O) groups is 1. The summed E-state index contributed by atoms with van der Waals surface area (Å²) in [6.45, 7) is 6.72. The zero-order valence-electron chi connectivity index (χ0n) is 16.3. The molecule has 0 fully saturated rings. The highest BCUT2D eigenvalue weighted by Gasteiger charge is 2.24. The van der Waals surface area contributed by atoms with E-state index in [9.17, 15) is 13.2 Å². The van der Waals surface area contributed by atoms with Crippen LogP contribution in [0.2, 0.25) is 5.02 Å². The molecule has 0 spiro atoms. The Hall–Kier alpha value is -2.09. The fourth-order valence-corrected chi connectivity index (χ4v) is 4.74. The number of hydrogen-bond donors (Lipinski definition) is 2. The van der Waals surface area contributed by atoms with Gasteiger partial charge in [0.1, 0.15) is 4.90 Å². The van der Waals surface area contributed by atoms with Crippen LogP contribution in [0.1, 0.15) is 25.0 Å². The third kappa shape index (κ3) is 5.70. The molecule has 152 valence electrons. The average Bonchev–Trinajstić information content (AvgIpc) is 2.66. The molecule has 0 radical (unpaired) electrons. The molecule has 0 saturated carbocycles. The second-order valence-electron chi connectivity index (χ2n) is 6.35. The van der Waals surface area contributed by atoms with Crippen LogP contribution < -0.4 is 10.6 Å². The number of nitrogens with zero attached hydrogens (tertiary/aromatic N) is 1. The quantitative estimate of drug-likeness (QED) is 0.647. The van der Waals surface area contributed by atoms with E-state index >= 15 is 0 Å². The number of carbonyl (C=O) groups excluding carboxylic acids is 1. The number of amides is 1. The van der Waals surface area contributed by atoms with Crippen molar-refractivity contribution in [1.29, 1.82) is 0 Å². The first-order chi connectivity index (χ1) is 13.3. The molecule has 0 aliphatic carbocycles. The van der Waals surface area contributed by atoms with Crippen molar-refractivity contribution in [3.05, 3.63) is 58.6 Å². The van der Waals surface area contributed by atoms with Crippen LogP contribution >= 0.6 is 11.6 Å². The topological polar surface area (TPSA) is 78.5 Å². The summed E-state index contributed by atoms with van der Waals surface area (Å²) in [7, 11) is -3.68. The first kappa shape index (κ1) is 22.2. The van der Waals surface area contributed by atoms with Crippen LogP contribution in [0.3, 0.4) is 0 Å². The lowest BCUT2D eigenvalue weighted by atomic mass is 10.1. The molecule has 0 aliphatic heterocycles. The smallest absolute Gasteiger partial charge is 0.244 e. The molecular weight excluding hydrogens is 398 g/mol. The van der Waals surface area contributed by atoms with E-state index in [1.807, 2.05) is 31.2 Å². The number of aryl methyl sites for hydroxylation is 1. The van der Waals surface area contributed by atoms with Crippen LogP contribution in [-0.2, 0) is 21.4 Å². The Bertz CT molecular complexity index is 928. The minimum atomic E-state index is -3.68. The van der Waals surface area contributed by atoms with Crippen LogP contribution in [0.15, 0.2) is 47.4 Å². The molecule has 0 bridgehead atoms. The molecule has 1 amide bonds. The molecule has 2 aromatic carbocycles. The number of halogens is 1. The number of rotatable bonds is 9. The first-order valence-electron chi connectivity index (χ1n) is 9.13. The van der Waals surface area contributed by atoms with Crippen molar-refractivity contribution in [3.8, 4) is 0 Å². The highest BCUT2D eigenvalue weighted by atomic mass is 35.5. The summed E-state index contributed by atoms with van der Waals surface area (Å²) < 4.78 is 26.8. The fourth-order valence-electron chi connectivity index (χ4n) is 2.78. The SMILES string of the molecule is CCN(CC)S(=O)(=O)c1cc(NCC(=O)NCc2cccc(C)c2)ccc1Cl. The van der Waals surface area contributed by atoms with E-state index < -0.39 is 10.0 Å². The van der Waals surface area contributed by atoms with Gasteiger partial charge in [-0.15, -0.1) is 0 Å². The van der Waals surface area contributed by atoms with Crippen molar-refractivity contribution in [2.24, 2.45) is 0 Å². The lowest BCUT2D eigenvalue weighted by molar-refractivity contribution is -0.119. The summed E-state index contributed by atoms with van der Waals surface area (Å²) in [6.07, 6.45) is 0. The molecular formula is C20H26ClN3O3S. The maximum Gasteiger partial charge on any atom is 0.244 e. The van der Waals surface area contributed by atoms with E-state index in [0.717, 1.165) is 11.1 Å². The molecule has 2 rings (SSSR count). The average molecular weight is 424 g/mol. The third-order valence-electron chi connectivity index (χ3n) is 4.28. The molecule has 8 heteroatoms. The Labute approximate surface area is 171 Å². The van der Waals surface area contributed by atoms with Gasteiger partial charge in [-0.05, 0) is 30.7 Å². The van der Waals surface area contributed by atoms with Gasteiger partial charge >= 0.3 is 0 Å². The predicted molar refractivity (Wildman–Crippen MR) is 113 cm³/mol. The molecule has 6 nitrogen and oxygen atoms in total. The third-order valence-corrected chi connectivity index (χ3v) is 6.81. The number of benzene rings is 2. The van der Waals surface area contributed by atoms with Gasteiger partial charge in [0.15, 0.2) is 0 Å². The van der Waals surface area contributed by atoms with Crippen LogP contribution in [0.4, 0.5) is 5.69 Å². The minimum absolute atomic E-state index is 0.0260. The van der Waals surface area contributed by atoms with Crippen LogP contribution in [-0.4, -0.2) is 38.3 Å². The van der Waals surface area contributed by atoms with Gasteiger partial charge in [-0.1, -0.05) is 55.3 Å². The van der Waals surface area contributed by atoms with E-state index in [1.165, 1.54) is 16.4 Å². The van der Waals surface area contributed by atoms with Crippen molar-refractivity contribution in [2.75, 3.05) is 25.0 Å². The van der Waals surface area contributed by atoms with Gasteiger partial charge in [0.2, 0.25) is 15.9 Å². The van der Waals surface area contributed by atoms with Crippen LogP contribution in [0.25, 0.3) is 0 Å². The van der Waals surface area contributed by atoms with Gasteiger partial charge in [0.05, 0.1) is 11.6 Å². The number of nitrogens with one attached hydrogen (secondary N) is 2. The monoisotopic (exact) mass is 423 g/mol. The van der Waals surface area contributed by atoms with Crippen molar-refractivity contribution in [1.82, 2.24) is 9.62 Å². The Kier molecular flexibility index (Phi) is 7.86. The Balaban J connectivity index is 2.02. The first-order valence-corrected chi connectivity index (χ1v) is 11.0. The van der Waals surface area contributed by atoms with Crippen molar-refractivity contribution in [2.45, 2.75) is 32.2 Å². The van der Waals surface area contributed by atoms with E-state index in [1.54, 1.807) is 19.9 Å². The maximum atomic E-state index is 12.7. The van der Waals surface area contributed by atoms with E-state index in [2.05, 4.69) is 10.6 Å². The molecule has 0 atom stereocenters. The van der Waals surface area contributed by atoms with Gasteiger partial charge in [0.25, 0.3) is 0 Å². The van der Waals surface area contributed by atoms with Gasteiger partial charge in [-0.2, -0.15) is 4.31 Å². The summed E-state index contributed by atoms with van der Waals surface area (Å²) in [5, 5.41) is 5.94. The normalized spacial score (nSPS) is 11.5. The predicted octanol–water partition coefficient (Wildman–Crippen LogP) is 3.41. The summed E-state index contributed by atoms with van der Waals surface area (Å²) in [4.78, 5) is 12.1. The number of anilines is 1. The van der Waals surface area contributed by atoms with Crippen molar-refractivity contribution < 1.29 is 13.2 Å². The molecule has 0 unspecified atom stereocenters. The maximum absolute atomic E-state index is 12.7. The number of sulfonamides is 1. The molecule has 0 heterocycles. The number of hydrogen-bond acceptors (Lipinski definition) is 4. The standard InChI is InChI=1S/C20H26ClN3O3S/c1-4-24(5-2)28(26,27)19-12-17(9-10-18(19)21)22-14-20(25)23-13-16-8-6-7-15(3)11-16/h6-12,22H,4-5,13-14H2,1-3H3,(H,23,25).